The third-order valence-electron chi connectivity index (χ3n) is 4.25. The molecule has 0 radical (unpaired) electrons. The fourth-order valence-electron chi connectivity index (χ4n) is 2.66. The lowest BCUT2D eigenvalue weighted by atomic mass is 9.90. The van der Waals surface area contributed by atoms with Crippen LogP contribution in [0.4, 0.5) is 13.2 Å². The summed E-state index contributed by atoms with van der Waals surface area (Å²) in [5, 5.41) is 4.09. The van der Waals surface area contributed by atoms with E-state index in [4.69, 9.17) is 4.84 Å². The van der Waals surface area contributed by atoms with Crippen LogP contribution in [0.5, 0.6) is 0 Å². The van der Waals surface area contributed by atoms with Gasteiger partial charge in [0.1, 0.15) is 12.8 Å². The van der Waals surface area contributed by atoms with Crippen molar-refractivity contribution < 1.29 is 18.0 Å². The highest BCUT2D eigenvalue weighted by Crippen LogP contribution is 2.30. The van der Waals surface area contributed by atoms with E-state index >= 15 is 0 Å². The van der Waals surface area contributed by atoms with E-state index in [-0.39, 0.29) is 0 Å². The van der Waals surface area contributed by atoms with Crippen molar-refractivity contribution in [3.63, 3.8) is 0 Å². The summed E-state index contributed by atoms with van der Waals surface area (Å²) in [7, 11) is 1.43. The van der Waals surface area contributed by atoms with Crippen LogP contribution >= 0.6 is 0 Å². The van der Waals surface area contributed by atoms with E-state index in [1.807, 2.05) is 12.1 Å². The number of benzene rings is 2. The molecule has 0 aliphatic heterocycles. The van der Waals surface area contributed by atoms with E-state index in [9.17, 15) is 13.2 Å². The molecule has 2 aromatic carbocycles. The number of hydrogen-bond acceptors (Lipinski definition) is 2. The van der Waals surface area contributed by atoms with Gasteiger partial charge in [0.15, 0.2) is 0 Å². The molecular weight excluding hydrogens is 339 g/mol. The SMILES string of the molecule is CON=C(c1ccc(C(F)(F)F)cc1)c1cc(C(C)C)cc(C(C)C)c1. The topological polar surface area (TPSA) is 21.6 Å². The second-order valence-electron chi connectivity index (χ2n) is 6.90. The summed E-state index contributed by atoms with van der Waals surface area (Å²) in [5.41, 5.74) is 3.56. The van der Waals surface area contributed by atoms with Crippen LogP contribution in [-0.2, 0) is 11.0 Å². The van der Waals surface area contributed by atoms with Crippen LogP contribution in [0.1, 0.15) is 67.3 Å². The Hall–Kier alpha value is -2.30. The van der Waals surface area contributed by atoms with Crippen molar-refractivity contribution in [2.24, 2.45) is 5.16 Å². The van der Waals surface area contributed by atoms with Crippen LogP contribution in [-0.4, -0.2) is 12.8 Å². The standard InChI is InChI=1S/C21H24F3NO/c1-13(2)16-10-17(14(3)4)12-18(11-16)20(25-26-5)15-6-8-19(9-7-15)21(22,23)24/h6-14H,1-5H3. The average Bonchev–Trinajstić information content (AvgIpc) is 2.58. The molecule has 0 atom stereocenters. The molecule has 0 N–H and O–H groups in total. The van der Waals surface area contributed by atoms with Crippen molar-refractivity contribution >= 4 is 5.71 Å². The van der Waals surface area contributed by atoms with Crippen LogP contribution in [0.15, 0.2) is 47.6 Å². The maximum Gasteiger partial charge on any atom is 0.416 e. The number of hydrogen-bond donors (Lipinski definition) is 0. The predicted octanol–water partition coefficient (Wildman–Crippen LogP) is 6.35. The number of nitrogens with zero attached hydrogens (tertiary/aromatic N) is 1. The highest BCUT2D eigenvalue weighted by atomic mass is 19.4. The monoisotopic (exact) mass is 363 g/mol. The van der Waals surface area contributed by atoms with E-state index in [1.165, 1.54) is 19.2 Å². The Morgan fingerprint density at radius 2 is 1.35 bits per heavy atom. The zero-order valence-corrected chi connectivity index (χ0v) is 15.7. The molecule has 140 valence electrons. The van der Waals surface area contributed by atoms with Gasteiger partial charge in [-0.3, -0.25) is 0 Å². The molecular formula is C21H24F3NO. The first kappa shape index (κ1) is 20.0. The third-order valence-corrected chi connectivity index (χ3v) is 4.25. The maximum absolute atomic E-state index is 12.8. The van der Waals surface area contributed by atoms with Crippen molar-refractivity contribution in [3.8, 4) is 0 Å². The van der Waals surface area contributed by atoms with Crippen LogP contribution in [0.25, 0.3) is 0 Å². The summed E-state index contributed by atoms with van der Waals surface area (Å²) in [6.07, 6.45) is -4.36. The van der Waals surface area contributed by atoms with Gasteiger partial charge in [0.05, 0.1) is 5.56 Å². The summed E-state index contributed by atoms with van der Waals surface area (Å²) in [6.45, 7) is 8.42. The Labute approximate surface area is 152 Å². The molecule has 0 spiro atoms. The Kier molecular flexibility index (Phi) is 6.11. The third kappa shape index (κ3) is 4.65. The van der Waals surface area contributed by atoms with E-state index in [0.717, 1.165) is 28.8 Å². The minimum absolute atomic E-state index is 0.323. The van der Waals surface area contributed by atoms with E-state index in [0.29, 0.717) is 23.1 Å². The Morgan fingerprint density at radius 1 is 0.846 bits per heavy atom. The van der Waals surface area contributed by atoms with E-state index < -0.39 is 11.7 Å². The lowest BCUT2D eigenvalue weighted by Crippen LogP contribution is -2.09. The molecule has 0 aliphatic rings. The van der Waals surface area contributed by atoms with Gasteiger partial charge in [-0.05, 0) is 47.2 Å². The van der Waals surface area contributed by atoms with Gasteiger partial charge in [0, 0.05) is 11.1 Å². The number of oxime groups is 1. The summed E-state index contributed by atoms with van der Waals surface area (Å²) in [6, 6.07) is 11.2. The summed E-state index contributed by atoms with van der Waals surface area (Å²) >= 11 is 0. The predicted molar refractivity (Wildman–Crippen MR) is 98.7 cm³/mol. The van der Waals surface area contributed by atoms with Gasteiger partial charge in [0.25, 0.3) is 0 Å². The van der Waals surface area contributed by atoms with Gasteiger partial charge in [-0.25, -0.2) is 0 Å². The van der Waals surface area contributed by atoms with Gasteiger partial charge in [-0.15, -0.1) is 0 Å². The van der Waals surface area contributed by atoms with Gasteiger partial charge >= 0.3 is 6.18 Å². The molecule has 0 fully saturated rings. The highest BCUT2D eigenvalue weighted by Gasteiger charge is 2.30. The zero-order chi connectivity index (χ0) is 19.5. The molecule has 26 heavy (non-hydrogen) atoms. The minimum Gasteiger partial charge on any atom is -0.399 e. The minimum atomic E-state index is -4.36. The lowest BCUT2D eigenvalue weighted by Gasteiger charge is -2.16. The van der Waals surface area contributed by atoms with E-state index in [1.54, 1.807) is 0 Å². The molecule has 2 rings (SSSR count). The molecule has 2 nitrogen and oxygen atoms in total. The zero-order valence-electron chi connectivity index (χ0n) is 15.7. The van der Waals surface area contributed by atoms with Crippen LogP contribution in [0.2, 0.25) is 0 Å². The quantitative estimate of drug-likeness (QED) is 0.448. The fraction of sp³-hybridized carbons (Fsp3) is 0.381. The first-order valence-corrected chi connectivity index (χ1v) is 8.57. The number of alkyl halides is 3. The number of rotatable bonds is 5. The summed E-state index contributed by atoms with van der Waals surface area (Å²) in [5.74, 6) is 0.646. The van der Waals surface area contributed by atoms with Crippen molar-refractivity contribution in [1.82, 2.24) is 0 Å². The normalized spacial score (nSPS) is 12.8. The van der Waals surface area contributed by atoms with Crippen LogP contribution < -0.4 is 0 Å². The smallest absolute Gasteiger partial charge is 0.399 e. The molecule has 0 saturated heterocycles. The Balaban J connectivity index is 2.56. The number of halogens is 3. The van der Waals surface area contributed by atoms with Gasteiger partial charge < -0.3 is 4.84 Å². The van der Waals surface area contributed by atoms with E-state index in [2.05, 4.69) is 38.9 Å². The molecule has 0 saturated carbocycles. The van der Waals surface area contributed by atoms with Crippen molar-refractivity contribution in [1.29, 1.82) is 0 Å². The largest absolute Gasteiger partial charge is 0.416 e. The first-order chi connectivity index (χ1) is 12.1. The molecule has 0 bridgehead atoms. The van der Waals surface area contributed by atoms with Gasteiger partial charge in [0.2, 0.25) is 0 Å². The first-order valence-electron chi connectivity index (χ1n) is 8.57. The second kappa shape index (κ2) is 7.94. The lowest BCUT2D eigenvalue weighted by molar-refractivity contribution is -0.137. The van der Waals surface area contributed by atoms with Gasteiger partial charge in [-0.2, -0.15) is 13.2 Å². The molecule has 5 heteroatoms. The van der Waals surface area contributed by atoms with Crippen LogP contribution in [0, 0.1) is 0 Å². The molecule has 0 aromatic heterocycles. The van der Waals surface area contributed by atoms with Gasteiger partial charge in [-0.1, -0.05) is 51.0 Å². The maximum atomic E-state index is 12.8. The van der Waals surface area contributed by atoms with Crippen molar-refractivity contribution in [2.75, 3.05) is 7.11 Å². The van der Waals surface area contributed by atoms with Crippen LogP contribution in [0.3, 0.4) is 0 Å². The summed E-state index contributed by atoms with van der Waals surface area (Å²) < 4.78 is 38.5. The van der Waals surface area contributed by atoms with Crippen molar-refractivity contribution in [2.45, 2.75) is 45.7 Å². The Morgan fingerprint density at radius 3 is 1.73 bits per heavy atom. The molecule has 0 heterocycles. The van der Waals surface area contributed by atoms with Crippen molar-refractivity contribution in [3.05, 3.63) is 70.3 Å². The molecule has 2 aromatic rings. The highest BCUT2D eigenvalue weighted by molar-refractivity contribution is 6.12. The molecule has 0 unspecified atom stereocenters. The fourth-order valence-corrected chi connectivity index (χ4v) is 2.66. The molecule has 0 aliphatic carbocycles. The Bertz CT molecular complexity index is 749. The second-order valence-corrected chi connectivity index (χ2v) is 6.90. The average molecular weight is 363 g/mol. The summed E-state index contributed by atoms with van der Waals surface area (Å²) in [4.78, 5) is 4.98. The molecule has 0 amide bonds.